The Morgan fingerprint density at radius 1 is 1.20 bits per heavy atom. The van der Waals surface area contributed by atoms with Gasteiger partial charge >= 0.3 is 0 Å². The lowest BCUT2D eigenvalue weighted by atomic mass is 10.1. The van der Waals surface area contributed by atoms with E-state index in [0.717, 1.165) is 11.3 Å². The average Bonchev–Trinajstić information content (AvgIpc) is 2.46. The molecule has 0 radical (unpaired) electrons. The van der Waals surface area contributed by atoms with E-state index in [1.54, 1.807) is 43.3 Å². The molecule has 104 valence electrons. The minimum atomic E-state index is -0.0346. The zero-order chi connectivity index (χ0) is 14.5. The number of rotatable bonds is 4. The zero-order valence-electron chi connectivity index (χ0n) is 11.5. The molecule has 0 aliphatic heterocycles. The van der Waals surface area contributed by atoms with Gasteiger partial charge in [-0.2, -0.15) is 0 Å². The molecule has 0 saturated heterocycles. The minimum Gasteiger partial charge on any atom is -0.497 e. The first kappa shape index (κ1) is 14.4. The van der Waals surface area contributed by atoms with Gasteiger partial charge in [0.15, 0.2) is 0 Å². The summed E-state index contributed by atoms with van der Waals surface area (Å²) in [4.78, 5) is 13.9. The van der Waals surface area contributed by atoms with Gasteiger partial charge in [0, 0.05) is 24.2 Å². The number of halogens is 1. The van der Waals surface area contributed by atoms with Gasteiger partial charge in [-0.3, -0.25) is 4.79 Å². The Kier molecular flexibility index (Phi) is 4.64. The number of ether oxygens (including phenoxy) is 1. The van der Waals surface area contributed by atoms with E-state index in [2.05, 4.69) is 0 Å². The topological polar surface area (TPSA) is 29.5 Å². The molecule has 0 aromatic heterocycles. The number of hydrogen-bond acceptors (Lipinski definition) is 2. The van der Waals surface area contributed by atoms with Gasteiger partial charge < -0.3 is 9.64 Å². The van der Waals surface area contributed by atoms with Crippen LogP contribution in [0.2, 0.25) is 5.02 Å². The quantitative estimate of drug-likeness (QED) is 0.860. The first-order valence-corrected chi connectivity index (χ1v) is 6.62. The third-order valence-electron chi connectivity index (χ3n) is 2.99. The summed E-state index contributed by atoms with van der Waals surface area (Å²) >= 11 is 5.94. The van der Waals surface area contributed by atoms with Gasteiger partial charge in [-0.05, 0) is 42.0 Å². The van der Waals surface area contributed by atoms with Crippen LogP contribution in [0.4, 0.5) is 0 Å². The monoisotopic (exact) mass is 289 g/mol. The molecular weight excluding hydrogens is 274 g/mol. The molecule has 0 heterocycles. The second-order valence-corrected chi connectivity index (χ2v) is 4.96. The van der Waals surface area contributed by atoms with Crippen LogP contribution in [-0.4, -0.2) is 25.0 Å². The van der Waals surface area contributed by atoms with E-state index in [-0.39, 0.29) is 5.91 Å². The normalized spacial score (nSPS) is 10.2. The molecule has 4 heteroatoms. The van der Waals surface area contributed by atoms with Gasteiger partial charge in [0.1, 0.15) is 5.75 Å². The highest BCUT2D eigenvalue weighted by Gasteiger charge is 2.12. The minimum absolute atomic E-state index is 0.0346. The molecule has 0 aliphatic carbocycles. The number of nitrogens with zero attached hydrogens (tertiary/aromatic N) is 1. The van der Waals surface area contributed by atoms with Crippen molar-refractivity contribution in [1.82, 2.24) is 4.90 Å². The first-order chi connectivity index (χ1) is 9.60. The summed E-state index contributed by atoms with van der Waals surface area (Å²) in [6, 6.07) is 14.6. The van der Waals surface area contributed by atoms with Gasteiger partial charge in [0.05, 0.1) is 7.11 Å². The molecule has 0 unspecified atom stereocenters. The lowest BCUT2D eigenvalue weighted by molar-refractivity contribution is 0.0785. The molecule has 0 aliphatic rings. The van der Waals surface area contributed by atoms with Crippen molar-refractivity contribution >= 4 is 17.5 Å². The van der Waals surface area contributed by atoms with Crippen molar-refractivity contribution in [3.05, 3.63) is 64.7 Å². The molecule has 0 spiro atoms. The molecular formula is C16H16ClNO2. The van der Waals surface area contributed by atoms with Crippen LogP contribution in [0.25, 0.3) is 0 Å². The van der Waals surface area contributed by atoms with Crippen LogP contribution in [0.3, 0.4) is 0 Å². The van der Waals surface area contributed by atoms with E-state index in [1.807, 2.05) is 24.3 Å². The van der Waals surface area contributed by atoms with Crippen molar-refractivity contribution < 1.29 is 9.53 Å². The Bertz CT molecular complexity index is 596. The highest BCUT2D eigenvalue weighted by molar-refractivity contribution is 6.30. The van der Waals surface area contributed by atoms with Crippen molar-refractivity contribution in [3.8, 4) is 5.75 Å². The summed E-state index contributed by atoms with van der Waals surface area (Å²) in [5.41, 5.74) is 1.64. The standard InChI is InChI=1S/C16H16ClNO2/c1-18(11-12-4-3-5-14(17)10-12)16(19)13-6-8-15(20-2)9-7-13/h3-10H,11H2,1-2H3. The zero-order valence-corrected chi connectivity index (χ0v) is 12.2. The fraction of sp³-hybridized carbons (Fsp3) is 0.188. The third kappa shape index (κ3) is 3.52. The predicted molar refractivity (Wildman–Crippen MR) is 80.2 cm³/mol. The molecule has 0 atom stereocenters. The highest BCUT2D eigenvalue weighted by Crippen LogP contribution is 2.15. The molecule has 0 fully saturated rings. The van der Waals surface area contributed by atoms with Crippen LogP contribution in [-0.2, 0) is 6.54 Å². The Morgan fingerprint density at radius 3 is 2.50 bits per heavy atom. The van der Waals surface area contributed by atoms with E-state index >= 15 is 0 Å². The fourth-order valence-electron chi connectivity index (χ4n) is 1.93. The number of carbonyl (C=O) groups excluding carboxylic acids is 1. The van der Waals surface area contributed by atoms with E-state index in [9.17, 15) is 4.79 Å². The number of methoxy groups -OCH3 is 1. The van der Waals surface area contributed by atoms with Gasteiger partial charge in [0.25, 0.3) is 5.91 Å². The van der Waals surface area contributed by atoms with Gasteiger partial charge in [-0.1, -0.05) is 23.7 Å². The Hall–Kier alpha value is -2.00. The highest BCUT2D eigenvalue weighted by atomic mass is 35.5. The molecule has 0 saturated carbocycles. The van der Waals surface area contributed by atoms with Crippen LogP contribution in [0, 0.1) is 0 Å². The summed E-state index contributed by atoms with van der Waals surface area (Å²) in [6.45, 7) is 0.519. The largest absolute Gasteiger partial charge is 0.497 e. The predicted octanol–water partition coefficient (Wildman–Crippen LogP) is 3.62. The molecule has 0 N–H and O–H groups in total. The van der Waals surface area contributed by atoms with Gasteiger partial charge in [-0.15, -0.1) is 0 Å². The molecule has 2 rings (SSSR count). The number of hydrogen-bond donors (Lipinski definition) is 0. The van der Waals surface area contributed by atoms with E-state index in [1.165, 1.54) is 0 Å². The lowest BCUT2D eigenvalue weighted by Crippen LogP contribution is -2.26. The van der Waals surface area contributed by atoms with Gasteiger partial charge in [0.2, 0.25) is 0 Å². The maximum absolute atomic E-state index is 12.3. The van der Waals surface area contributed by atoms with Crippen molar-refractivity contribution in [2.75, 3.05) is 14.2 Å². The SMILES string of the molecule is COc1ccc(C(=O)N(C)Cc2cccc(Cl)c2)cc1. The summed E-state index contributed by atoms with van der Waals surface area (Å²) in [5.74, 6) is 0.701. The van der Waals surface area contributed by atoms with Crippen molar-refractivity contribution in [2.45, 2.75) is 6.54 Å². The molecule has 1 amide bonds. The smallest absolute Gasteiger partial charge is 0.253 e. The van der Waals surface area contributed by atoms with E-state index in [0.29, 0.717) is 17.1 Å². The number of carbonyl (C=O) groups is 1. The summed E-state index contributed by atoms with van der Waals surface area (Å²) in [6.07, 6.45) is 0. The maximum Gasteiger partial charge on any atom is 0.253 e. The summed E-state index contributed by atoms with van der Waals surface area (Å²) in [5, 5.41) is 0.674. The number of amides is 1. The van der Waals surface area contributed by atoms with Crippen molar-refractivity contribution in [1.29, 1.82) is 0 Å². The Balaban J connectivity index is 2.07. The fourth-order valence-corrected chi connectivity index (χ4v) is 2.15. The summed E-state index contributed by atoms with van der Waals surface area (Å²) in [7, 11) is 3.37. The molecule has 20 heavy (non-hydrogen) atoms. The molecule has 3 nitrogen and oxygen atoms in total. The second-order valence-electron chi connectivity index (χ2n) is 4.52. The number of benzene rings is 2. The molecule has 0 bridgehead atoms. The Labute approximate surface area is 123 Å². The molecule has 2 aromatic rings. The van der Waals surface area contributed by atoms with Crippen molar-refractivity contribution in [2.24, 2.45) is 0 Å². The van der Waals surface area contributed by atoms with Crippen LogP contribution in [0.1, 0.15) is 15.9 Å². The van der Waals surface area contributed by atoms with Crippen LogP contribution < -0.4 is 4.74 Å². The first-order valence-electron chi connectivity index (χ1n) is 6.24. The lowest BCUT2D eigenvalue weighted by Gasteiger charge is -2.17. The Morgan fingerprint density at radius 2 is 1.90 bits per heavy atom. The van der Waals surface area contributed by atoms with Gasteiger partial charge in [-0.25, -0.2) is 0 Å². The van der Waals surface area contributed by atoms with E-state index < -0.39 is 0 Å². The second kappa shape index (κ2) is 6.44. The van der Waals surface area contributed by atoms with E-state index in [4.69, 9.17) is 16.3 Å². The van der Waals surface area contributed by atoms with Crippen LogP contribution in [0.15, 0.2) is 48.5 Å². The van der Waals surface area contributed by atoms with Crippen molar-refractivity contribution in [3.63, 3.8) is 0 Å². The van der Waals surface area contributed by atoms with Crippen LogP contribution >= 0.6 is 11.6 Å². The van der Waals surface area contributed by atoms with Crippen LogP contribution in [0.5, 0.6) is 5.75 Å². The maximum atomic E-state index is 12.3. The third-order valence-corrected chi connectivity index (χ3v) is 3.23. The molecule has 2 aromatic carbocycles. The average molecular weight is 290 g/mol. The summed E-state index contributed by atoms with van der Waals surface area (Å²) < 4.78 is 5.08.